The van der Waals surface area contributed by atoms with E-state index in [4.69, 9.17) is 34.8 Å². The topological polar surface area (TPSA) is 32.3 Å². The van der Waals surface area contributed by atoms with Crippen LogP contribution in [-0.2, 0) is 0 Å². The number of alkyl halides is 2. The van der Waals surface area contributed by atoms with E-state index in [0.29, 0.717) is 35.6 Å². The van der Waals surface area contributed by atoms with Gasteiger partial charge in [-0.25, -0.2) is 4.79 Å². The fourth-order valence-corrected chi connectivity index (χ4v) is 1.87. The predicted molar refractivity (Wildman–Crippen MR) is 73.5 cm³/mol. The summed E-state index contributed by atoms with van der Waals surface area (Å²) in [6, 6.07) is 6.80. The number of urea groups is 1. The van der Waals surface area contributed by atoms with Crippen LogP contribution in [-0.4, -0.2) is 35.8 Å². The van der Waals surface area contributed by atoms with E-state index in [1.165, 1.54) is 0 Å². The Morgan fingerprint density at radius 2 is 1.76 bits per heavy atom. The summed E-state index contributed by atoms with van der Waals surface area (Å²) >= 11 is 17.2. The van der Waals surface area contributed by atoms with Crippen LogP contribution in [0.2, 0.25) is 5.02 Å². The van der Waals surface area contributed by atoms with Crippen molar-refractivity contribution in [2.75, 3.05) is 30.2 Å². The molecule has 0 radical (unpaired) electrons. The molecule has 0 aliphatic heterocycles. The monoisotopic (exact) mass is 294 g/mol. The second-order valence-electron chi connectivity index (χ2n) is 3.28. The standard InChI is InChI=1S/C11H13Cl3N2O/c12-5-7-16(8-6-13)11(17)15-10-4-2-1-3-9(10)14/h1-4H,5-8H2,(H,15,17). The Morgan fingerprint density at radius 1 is 1.18 bits per heavy atom. The molecule has 0 unspecified atom stereocenters. The van der Waals surface area contributed by atoms with Gasteiger partial charge < -0.3 is 10.2 Å². The van der Waals surface area contributed by atoms with Gasteiger partial charge >= 0.3 is 6.03 Å². The van der Waals surface area contributed by atoms with Crippen LogP contribution < -0.4 is 5.32 Å². The summed E-state index contributed by atoms with van der Waals surface area (Å²) in [6.45, 7) is 0.898. The van der Waals surface area contributed by atoms with Gasteiger partial charge in [-0.15, -0.1) is 23.2 Å². The van der Waals surface area contributed by atoms with Gasteiger partial charge in [-0.1, -0.05) is 23.7 Å². The molecule has 0 spiro atoms. The molecule has 0 aliphatic carbocycles. The third-order valence-electron chi connectivity index (χ3n) is 2.11. The second kappa shape index (κ2) is 7.64. The predicted octanol–water partition coefficient (Wildman–Crippen LogP) is 3.65. The molecule has 0 bridgehead atoms. The maximum absolute atomic E-state index is 11.9. The van der Waals surface area contributed by atoms with Gasteiger partial charge in [-0.3, -0.25) is 0 Å². The van der Waals surface area contributed by atoms with Crippen molar-refractivity contribution in [3.63, 3.8) is 0 Å². The van der Waals surface area contributed by atoms with Gasteiger partial charge in [0.25, 0.3) is 0 Å². The van der Waals surface area contributed by atoms with Crippen molar-refractivity contribution < 1.29 is 4.79 Å². The molecule has 1 aromatic rings. The number of carbonyl (C=O) groups excluding carboxylic acids is 1. The minimum absolute atomic E-state index is 0.251. The highest BCUT2D eigenvalue weighted by atomic mass is 35.5. The van der Waals surface area contributed by atoms with E-state index in [0.717, 1.165) is 0 Å². The van der Waals surface area contributed by atoms with Crippen molar-refractivity contribution >= 4 is 46.5 Å². The van der Waals surface area contributed by atoms with E-state index in [1.807, 2.05) is 0 Å². The Kier molecular flexibility index (Phi) is 6.48. The van der Waals surface area contributed by atoms with Gasteiger partial charge in [-0.05, 0) is 12.1 Å². The lowest BCUT2D eigenvalue weighted by Gasteiger charge is -2.21. The zero-order valence-corrected chi connectivity index (χ0v) is 11.4. The molecule has 0 atom stereocenters. The maximum atomic E-state index is 11.9. The van der Waals surface area contributed by atoms with Crippen LogP contribution in [0.4, 0.5) is 10.5 Å². The quantitative estimate of drug-likeness (QED) is 0.826. The first-order valence-corrected chi connectivity index (χ1v) is 6.56. The number of hydrogen-bond acceptors (Lipinski definition) is 1. The van der Waals surface area contributed by atoms with Gasteiger partial charge in [0.15, 0.2) is 0 Å². The van der Waals surface area contributed by atoms with Crippen molar-refractivity contribution in [2.24, 2.45) is 0 Å². The molecule has 94 valence electrons. The van der Waals surface area contributed by atoms with Crippen molar-refractivity contribution in [1.82, 2.24) is 4.90 Å². The third kappa shape index (κ3) is 4.62. The smallest absolute Gasteiger partial charge is 0.321 e. The van der Waals surface area contributed by atoms with Crippen LogP contribution in [0.15, 0.2) is 24.3 Å². The van der Waals surface area contributed by atoms with Gasteiger partial charge in [-0.2, -0.15) is 0 Å². The Labute approximate surface area is 116 Å². The van der Waals surface area contributed by atoms with Gasteiger partial charge in [0.2, 0.25) is 0 Å². The fraction of sp³-hybridized carbons (Fsp3) is 0.364. The number of rotatable bonds is 5. The molecule has 0 fully saturated rings. The number of nitrogens with one attached hydrogen (secondary N) is 1. The van der Waals surface area contributed by atoms with E-state index >= 15 is 0 Å². The van der Waals surface area contributed by atoms with E-state index in [2.05, 4.69) is 5.32 Å². The Hall–Kier alpha value is -0.640. The minimum atomic E-state index is -0.251. The first-order chi connectivity index (χ1) is 8.19. The largest absolute Gasteiger partial charge is 0.322 e. The third-order valence-corrected chi connectivity index (χ3v) is 2.78. The van der Waals surface area contributed by atoms with E-state index in [9.17, 15) is 4.79 Å². The number of nitrogens with zero attached hydrogens (tertiary/aromatic N) is 1. The number of hydrogen-bond donors (Lipinski definition) is 1. The summed E-state index contributed by atoms with van der Waals surface area (Å²) < 4.78 is 0. The van der Waals surface area contributed by atoms with Crippen molar-refractivity contribution in [2.45, 2.75) is 0 Å². The van der Waals surface area contributed by atoms with Gasteiger partial charge in [0, 0.05) is 24.8 Å². The molecule has 0 saturated carbocycles. The van der Waals surface area contributed by atoms with E-state index in [-0.39, 0.29) is 6.03 Å². The highest BCUT2D eigenvalue weighted by molar-refractivity contribution is 6.33. The van der Waals surface area contributed by atoms with Crippen LogP contribution >= 0.6 is 34.8 Å². The van der Waals surface area contributed by atoms with E-state index < -0.39 is 0 Å². The molecule has 17 heavy (non-hydrogen) atoms. The summed E-state index contributed by atoms with van der Waals surface area (Å²) in [6.07, 6.45) is 0. The highest BCUT2D eigenvalue weighted by Crippen LogP contribution is 2.20. The molecule has 1 N–H and O–H groups in total. The van der Waals surface area contributed by atoms with Crippen LogP contribution in [0.5, 0.6) is 0 Å². The summed E-state index contributed by atoms with van der Waals surface area (Å²) in [5.41, 5.74) is 0.577. The number of benzene rings is 1. The first kappa shape index (κ1) is 14.4. The Balaban J connectivity index is 2.66. The number of halogens is 3. The normalized spacial score (nSPS) is 10.1. The fourth-order valence-electron chi connectivity index (χ4n) is 1.28. The van der Waals surface area contributed by atoms with E-state index in [1.54, 1.807) is 29.2 Å². The molecule has 0 saturated heterocycles. The lowest BCUT2D eigenvalue weighted by atomic mass is 10.3. The van der Waals surface area contributed by atoms with Gasteiger partial charge in [0.05, 0.1) is 10.7 Å². The molecule has 1 aromatic carbocycles. The SMILES string of the molecule is O=C(Nc1ccccc1Cl)N(CCCl)CCCl. The summed E-state index contributed by atoms with van der Waals surface area (Å²) in [5.74, 6) is 0.736. The molecule has 0 heterocycles. The molecule has 6 heteroatoms. The summed E-state index contributed by atoms with van der Waals surface area (Å²) in [5, 5.41) is 3.22. The molecular formula is C11H13Cl3N2O. The number of anilines is 1. The van der Waals surface area contributed by atoms with Crippen molar-refractivity contribution in [1.29, 1.82) is 0 Å². The molecule has 3 nitrogen and oxygen atoms in total. The van der Waals surface area contributed by atoms with Crippen molar-refractivity contribution in [3.05, 3.63) is 29.3 Å². The zero-order chi connectivity index (χ0) is 12.7. The molecule has 0 aliphatic rings. The zero-order valence-electron chi connectivity index (χ0n) is 9.13. The van der Waals surface area contributed by atoms with Crippen LogP contribution in [0, 0.1) is 0 Å². The summed E-state index contributed by atoms with van der Waals surface area (Å²) in [4.78, 5) is 13.4. The number of para-hydroxylation sites is 1. The Bertz CT molecular complexity index is 367. The number of carbonyl (C=O) groups is 1. The molecule has 0 aromatic heterocycles. The average molecular weight is 296 g/mol. The summed E-state index contributed by atoms with van der Waals surface area (Å²) in [7, 11) is 0. The average Bonchev–Trinajstić information content (AvgIpc) is 2.32. The number of amides is 2. The highest BCUT2D eigenvalue weighted by Gasteiger charge is 2.13. The first-order valence-electron chi connectivity index (χ1n) is 5.11. The lowest BCUT2D eigenvalue weighted by Crippen LogP contribution is -2.37. The molecular weight excluding hydrogens is 282 g/mol. The van der Waals surface area contributed by atoms with Crippen molar-refractivity contribution in [3.8, 4) is 0 Å². The van der Waals surface area contributed by atoms with Crippen LogP contribution in [0.3, 0.4) is 0 Å². The van der Waals surface area contributed by atoms with Gasteiger partial charge in [0.1, 0.15) is 0 Å². The minimum Gasteiger partial charge on any atom is -0.322 e. The van der Waals surface area contributed by atoms with Crippen LogP contribution in [0.25, 0.3) is 0 Å². The molecule has 1 rings (SSSR count). The lowest BCUT2D eigenvalue weighted by molar-refractivity contribution is 0.218. The van der Waals surface area contributed by atoms with Crippen LogP contribution in [0.1, 0.15) is 0 Å². The maximum Gasteiger partial charge on any atom is 0.321 e. The second-order valence-corrected chi connectivity index (χ2v) is 4.44. The molecule has 2 amide bonds. The Morgan fingerprint density at radius 3 is 2.29 bits per heavy atom.